The minimum Gasteiger partial charge on any atom is -0.393 e. The van der Waals surface area contributed by atoms with Gasteiger partial charge in [-0.25, -0.2) is 0 Å². The van der Waals surface area contributed by atoms with Crippen LogP contribution in [0.4, 0.5) is 0 Å². The molecule has 0 radical (unpaired) electrons. The number of hydrogen-bond donors (Lipinski definition) is 0. The molecule has 0 spiro atoms. The molecule has 1 unspecified atom stereocenters. The fraction of sp³-hybridized carbons (Fsp3) is 0.714. The van der Waals surface area contributed by atoms with Crippen molar-refractivity contribution in [3.63, 3.8) is 0 Å². The van der Waals surface area contributed by atoms with Gasteiger partial charge in [-0.1, -0.05) is 39.8 Å². The normalized spacial score (nSPS) is 26.7. The topological polar surface area (TPSA) is 43.4 Å². The van der Waals surface area contributed by atoms with E-state index in [9.17, 15) is 9.59 Å². The summed E-state index contributed by atoms with van der Waals surface area (Å²) in [6.45, 7) is 7.90. The van der Waals surface area contributed by atoms with Crippen molar-refractivity contribution in [3.05, 3.63) is 12.2 Å². The Bertz CT molecular complexity index is 285. The van der Waals surface area contributed by atoms with E-state index in [4.69, 9.17) is 4.74 Å². The van der Waals surface area contributed by atoms with Gasteiger partial charge in [-0.05, 0) is 24.7 Å². The Balaban J connectivity index is 2.85. The molecule has 0 saturated heterocycles. The van der Waals surface area contributed by atoms with Gasteiger partial charge in [0.1, 0.15) is 0 Å². The molecule has 17 heavy (non-hydrogen) atoms. The quantitative estimate of drug-likeness (QED) is 0.422. The van der Waals surface area contributed by atoms with Crippen LogP contribution in [0.15, 0.2) is 12.2 Å². The summed E-state index contributed by atoms with van der Waals surface area (Å²) in [7, 11) is 0. The summed E-state index contributed by atoms with van der Waals surface area (Å²) in [4.78, 5) is 23.7. The fourth-order valence-corrected chi connectivity index (χ4v) is 2.02. The molecular formula is C14H22O3. The van der Waals surface area contributed by atoms with Gasteiger partial charge in [0.15, 0.2) is 0 Å². The first-order chi connectivity index (χ1) is 7.93. The molecule has 3 nitrogen and oxygen atoms in total. The zero-order chi connectivity index (χ0) is 13.0. The third kappa shape index (κ3) is 3.69. The first-order valence-electron chi connectivity index (χ1n) is 6.34. The average molecular weight is 238 g/mol. The van der Waals surface area contributed by atoms with E-state index in [0.717, 1.165) is 0 Å². The minimum absolute atomic E-state index is 0.190. The van der Waals surface area contributed by atoms with Crippen LogP contribution in [0.25, 0.3) is 0 Å². The van der Waals surface area contributed by atoms with Gasteiger partial charge in [-0.2, -0.15) is 0 Å². The van der Waals surface area contributed by atoms with Crippen LogP contribution in [-0.2, 0) is 14.3 Å². The molecule has 0 aromatic heterocycles. The largest absolute Gasteiger partial charge is 0.393 e. The fourth-order valence-electron chi connectivity index (χ4n) is 2.02. The number of rotatable bonds is 2. The molecule has 1 heterocycles. The first-order valence-corrected chi connectivity index (χ1v) is 6.34. The van der Waals surface area contributed by atoms with E-state index in [-0.39, 0.29) is 35.6 Å². The van der Waals surface area contributed by atoms with Crippen LogP contribution in [0, 0.1) is 23.7 Å². The molecular weight excluding hydrogens is 216 g/mol. The standard InChI is InChI=1S/C14H22O3/c1-9(2)11-7-5-6-8-12(10(3)4)14(16)17-13(11)15/h5-6,9-12H,7-8H2,1-4H3/t11-,12?/m0/s1. The zero-order valence-corrected chi connectivity index (χ0v) is 11.1. The van der Waals surface area contributed by atoms with E-state index in [1.165, 1.54) is 0 Å². The van der Waals surface area contributed by atoms with Crippen LogP contribution in [0.1, 0.15) is 40.5 Å². The van der Waals surface area contributed by atoms with Crippen LogP contribution in [-0.4, -0.2) is 11.9 Å². The van der Waals surface area contributed by atoms with Crippen molar-refractivity contribution in [3.8, 4) is 0 Å². The van der Waals surface area contributed by atoms with Crippen molar-refractivity contribution >= 4 is 11.9 Å². The third-order valence-corrected chi connectivity index (χ3v) is 3.36. The second-order valence-corrected chi connectivity index (χ2v) is 5.38. The summed E-state index contributed by atoms with van der Waals surface area (Å²) in [5, 5.41) is 0. The summed E-state index contributed by atoms with van der Waals surface area (Å²) >= 11 is 0. The Labute approximate surface area is 103 Å². The predicted molar refractivity (Wildman–Crippen MR) is 66.1 cm³/mol. The molecule has 0 aliphatic carbocycles. The maximum absolute atomic E-state index is 11.9. The Morgan fingerprint density at radius 2 is 1.29 bits per heavy atom. The van der Waals surface area contributed by atoms with Gasteiger partial charge < -0.3 is 4.74 Å². The van der Waals surface area contributed by atoms with Gasteiger partial charge in [0.25, 0.3) is 0 Å². The Morgan fingerprint density at radius 3 is 1.59 bits per heavy atom. The van der Waals surface area contributed by atoms with Crippen LogP contribution in [0.5, 0.6) is 0 Å². The first kappa shape index (κ1) is 13.9. The summed E-state index contributed by atoms with van der Waals surface area (Å²) in [6.07, 6.45) is 5.32. The highest BCUT2D eigenvalue weighted by Gasteiger charge is 2.30. The molecule has 1 aliphatic rings. The number of esters is 2. The second kappa shape index (κ2) is 5.99. The Morgan fingerprint density at radius 1 is 0.941 bits per heavy atom. The summed E-state index contributed by atoms with van der Waals surface area (Å²) in [5.41, 5.74) is 0. The minimum atomic E-state index is -0.373. The van der Waals surface area contributed by atoms with Gasteiger partial charge in [-0.15, -0.1) is 0 Å². The Kier molecular flexibility index (Phi) is 4.91. The highest BCUT2D eigenvalue weighted by molar-refractivity contribution is 5.88. The van der Waals surface area contributed by atoms with E-state index in [1.54, 1.807) is 0 Å². The maximum atomic E-state index is 11.9. The highest BCUT2D eigenvalue weighted by Crippen LogP contribution is 2.24. The number of cyclic esters (lactones) is 2. The molecule has 96 valence electrons. The third-order valence-electron chi connectivity index (χ3n) is 3.36. The summed E-state index contributed by atoms with van der Waals surface area (Å²) in [6, 6.07) is 0. The number of ether oxygens (including phenoxy) is 1. The summed E-state index contributed by atoms with van der Waals surface area (Å²) in [5.74, 6) is -0.780. The number of carbonyl (C=O) groups excluding carboxylic acids is 2. The smallest absolute Gasteiger partial charge is 0.317 e. The van der Waals surface area contributed by atoms with Crippen molar-refractivity contribution in [2.45, 2.75) is 40.5 Å². The lowest BCUT2D eigenvalue weighted by molar-refractivity contribution is -0.167. The SMILES string of the molecule is CC(C)C1CC=CC[C@@H](C(C)C)C(=O)OC1=O. The summed E-state index contributed by atoms with van der Waals surface area (Å²) < 4.78 is 5.00. The number of hydrogen-bond acceptors (Lipinski definition) is 3. The van der Waals surface area contributed by atoms with E-state index in [1.807, 2.05) is 39.8 Å². The molecule has 0 fully saturated rings. The monoisotopic (exact) mass is 238 g/mol. The van der Waals surface area contributed by atoms with E-state index >= 15 is 0 Å². The second-order valence-electron chi connectivity index (χ2n) is 5.38. The lowest BCUT2D eigenvalue weighted by atomic mass is 9.92. The van der Waals surface area contributed by atoms with Crippen LogP contribution in [0.2, 0.25) is 0 Å². The van der Waals surface area contributed by atoms with Gasteiger partial charge in [0.2, 0.25) is 0 Å². The van der Waals surface area contributed by atoms with Gasteiger partial charge in [0.05, 0.1) is 11.8 Å². The van der Waals surface area contributed by atoms with Gasteiger partial charge >= 0.3 is 11.9 Å². The van der Waals surface area contributed by atoms with Crippen LogP contribution < -0.4 is 0 Å². The van der Waals surface area contributed by atoms with Crippen LogP contribution in [0.3, 0.4) is 0 Å². The molecule has 0 bridgehead atoms. The zero-order valence-electron chi connectivity index (χ0n) is 11.1. The van der Waals surface area contributed by atoms with Gasteiger partial charge in [0, 0.05) is 0 Å². The molecule has 2 atom stereocenters. The molecule has 0 amide bonds. The molecule has 1 rings (SSSR count). The van der Waals surface area contributed by atoms with Crippen molar-refractivity contribution in [2.75, 3.05) is 0 Å². The van der Waals surface area contributed by atoms with E-state index in [0.29, 0.717) is 12.8 Å². The van der Waals surface area contributed by atoms with Gasteiger partial charge in [-0.3, -0.25) is 9.59 Å². The lowest BCUT2D eigenvalue weighted by Crippen LogP contribution is -2.29. The Hall–Kier alpha value is -1.12. The molecule has 0 aromatic carbocycles. The molecule has 3 heteroatoms. The van der Waals surface area contributed by atoms with E-state index < -0.39 is 0 Å². The lowest BCUT2D eigenvalue weighted by Gasteiger charge is -2.19. The molecule has 1 aliphatic heterocycles. The van der Waals surface area contributed by atoms with Crippen molar-refractivity contribution in [2.24, 2.45) is 23.7 Å². The molecule has 0 aromatic rings. The van der Waals surface area contributed by atoms with Crippen molar-refractivity contribution in [1.29, 1.82) is 0 Å². The number of carbonyl (C=O) groups is 2. The van der Waals surface area contributed by atoms with E-state index in [2.05, 4.69) is 0 Å². The van der Waals surface area contributed by atoms with Crippen molar-refractivity contribution in [1.82, 2.24) is 0 Å². The predicted octanol–water partition coefficient (Wildman–Crippen LogP) is 2.95. The highest BCUT2D eigenvalue weighted by atomic mass is 16.6. The maximum Gasteiger partial charge on any atom is 0.317 e. The van der Waals surface area contributed by atoms with Crippen LogP contribution >= 0.6 is 0 Å². The molecule has 0 N–H and O–H groups in total. The van der Waals surface area contributed by atoms with Crippen molar-refractivity contribution < 1.29 is 14.3 Å². The number of allylic oxidation sites excluding steroid dienone is 2. The average Bonchev–Trinajstić information content (AvgIpc) is 2.26. The molecule has 0 saturated carbocycles.